The zero-order valence-corrected chi connectivity index (χ0v) is 9.19. The van der Waals surface area contributed by atoms with Gasteiger partial charge in [0.05, 0.1) is 6.26 Å². The second-order valence-electron chi connectivity index (χ2n) is 2.43. The minimum atomic E-state index is -0.949. The van der Waals surface area contributed by atoms with E-state index in [1.165, 1.54) is 6.08 Å². The predicted molar refractivity (Wildman–Crippen MR) is 56.1 cm³/mol. The lowest BCUT2D eigenvalue weighted by Crippen LogP contribution is -2.06. The van der Waals surface area contributed by atoms with Gasteiger partial charge >= 0.3 is 17.9 Å². The Balaban J connectivity index is 4.04. The first-order chi connectivity index (χ1) is 7.41. The van der Waals surface area contributed by atoms with Gasteiger partial charge in [0, 0.05) is 24.1 Å². The molecule has 0 atom stereocenters. The summed E-state index contributed by atoms with van der Waals surface area (Å²) in [5.41, 5.74) is 0. The van der Waals surface area contributed by atoms with Crippen molar-refractivity contribution < 1.29 is 23.9 Å². The average Bonchev–Trinajstić information content (AvgIpc) is 2.13. The lowest BCUT2D eigenvalue weighted by Gasteiger charge is -1.93. The monoisotopic (exact) mass is 244 g/mol. The summed E-state index contributed by atoms with van der Waals surface area (Å²) in [6, 6.07) is 0. The molecule has 0 rings (SSSR count). The van der Waals surface area contributed by atoms with E-state index in [4.69, 9.17) is 11.6 Å². The van der Waals surface area contributed by atoms with Gasteiger partial charge in [-0.05, 0) is 6.08 Å². The number of rotatable bonds is 4. The zero-order valence-electron chi connectivity index (χ0n) is 8.44. The average molecular weight is 245 g/mol. The summed E-state index contributed by atoms with van der Waals surface area (Å²) < 4.78 is 8.58. The van der Waals surface area contributed by atoms with Gasteiger partial charge in [-0.15, -0.1) is 0 Å². The highest BCUT2D eigenvalue weighted by molar-refractivity contribution is 6.30. The van der Waals surface area contributed by atoms with E-state index in [1.807, 2.05) is 0 Å². The Morgan fingerprint density at radius 3 is 2.19 bits per heavy atom. The quantitative estimate of drug-likeness (QED) is 0.246. The molecule has 0 radical (unpaired) electrons. The van der Waals surface area contributed by atoms with Crippen molar-refractivity contribution in [3.8, 4) is 0 Å². The Morgan fingerprint density at radius 2 is 1.69 bits per heavy atom. The standard InChI is InChI=1S/C10H9ClO5/c1-7(11)5-6-15-9(13)3-4-10(14)16-8(2)12/h3-6H,1H2,2H3. The highest BCUT2D eigenvalue weighted by Gasteiger charge is 2.02. The Bertz CT molecular complexity index is 367. The Kier molecular flexibility index (Phi) is 6.55. The van der Waals surface area contributed by atoms with Crippen LogP contribution in [0.1, 0.15) is 6.92 Å². The summed E-state index contributed by atoms with van der Waals surface area (Å²) in [4.78, 5) is 32.0. The van der Waals surface area contributed by atoms with Crippen molar-refractivity contribution in [2.45, 2.75) is 6.92 Å². The molecule has 86 valence electrons. The zero-order chi connectivity index (χ0) is 12.6. The van der Waals surface area contributed by atoms with E-state index in [9.17, 15) is 14.4 Å². The van der Waals surface area contributed by atoms with Crippen molar-refractivity contribution in [2.24, 2.45) is 0 Å². The molecule has 0 saturated heterocycles. The van der Waals surface area contributed by atoms with Crippen LogP contribution in [0.15, 0.2) is 36.1 Å². The second kappa shape index (κ2) is 7.42. The second-order valence-corrected chi connectivity index (χ2v) is 2.92. The van der Waals surface area contributed by atoms with E-state index in [0.717, 1.165) is 25.3 Å². The minimum Gasteiger partial charge on any atom is -0.431 e. The van der Waals surface area contributed by atoms with Crippen molar-refractivity contribution >= 4 is 29.5 Å². The fraction of sp³-hybridized carbons (Fsp3) is 0.100. The molecule has 0 heterocycles. The first-order valence-electron chi connectivity index (χ1n) is 4.04. The smallest absolute Gasteiger partial charge is 0.338 e. The van der Waals surface area contributed by atoms with E-state index < -0.39 is 17.9 Å². The highest BCUT2D eigenvalue weighted by atomic mass is 35.5. The van der Waals surface area contributed by atoms with Crippen LogP contribution in [-0.4, -0.2) is 17.9 Å². The maximum atomic E-state index is 10.9. The van der Waals surface area contributed by atoms with Gasteiger partial charge in [0.1, 0.15) is 0 Å². The first kappa shape index (κ1) is 14.1. The fourth-order valence-corrected chi connectivity index (χ4v) is 0.577. The molecule has 0 aliphatic rings. The van der Waals surface area contributed by atoms with Crippen LogP contribution < -0.4 is 0 Å². The SMILES string of the molecule is C=C(Cl)C=COC(=O)C=CC(=O)OC(C)=O. The number of carbonyl (C=O) groups excluding carboxylic acids is 3. The van der Waals surface area contributed by atoms with Crippen LogP contribution in [0, 0.1) is 0 Å². The molecule has 0 aliphatic carbocycles. The number of ether oxygens (including phenoxy) is 2. The normalized spacial score (nSPS) is 10.4. The topological polar surface area (TPSA) is 69.7 Å². The molecular weight excluding hydrogens is 236 g/mol. The summed E-state index contributed by atoms with van der Waals surface area (Å²) in [5, 5.41) is 0.188. The largest absolute Gasteiger partial charge is 0.431 e. The van der Waals surface area contributed by atoms with E-state index in [0.29, 0.717) is 0 Å². The van der Waals surface area contributed by atoms with Crippen molar-refractivity contribution in [3.05, 3.63) is 36.1 Å². The van der Waals surface area contributed by atoms with Crippen LogP contribution in [0.3, 0.4) is 0 Å². The van der Waals surface area contributed by atoms with Crippen molar-refractivity contribution in [1.29, 1.82) is 0 Å². The molecule has 0 aliphatic heterocycles. The van der Waals surface area contributed by atoms with E-state index >= 15 is 0 Å². The van der Waals surface area contributed by atoms with Crippen molar-refractivity contribution in [3.63, 3.8) is 0 Å². The highest BCUT2D eigenvalue weighted by Crippen LogP contribution is 1.98. The molecule has 0 aromatic heterocycles. The van der Waals surface area contributed by atoms with Crippen molar-refractivity contribution in [1.82, 2.24) is 0 Å². The third-order valence-electron chi connectivity index (χ3n) is 1.03. The third kappa shape index (κ3) is 8.71. The van der Waals surface area contributed by atoms with Gasteiger partial charge < -0.3 is 9.47 Å². The maximum Gasteiger partial charge on any atom is 0.338 e. The van der Waals surface area contributed by atoms with Crippen LogP contribution >= 0.6 is 11.6 Å². The van der Waals surface area contributed by atoms with E-state index in [2.05, 4.69) is 16.1 Å². The number of hydrogen-bond donors (Lipinski definition) is 0. The third-order valence-corrected chi connectivity index (χ3v) is 1.16. The van der Waals surface area contributed by atoms with Gasteiger partial charge in [0.2, 0.25) is 0 Å². The molecule has 0 spiro atoms. The summed E-state index contributed by atoms with van der Waals surface area (Å²) in [6.07, 6.45) is 3.85. The minimum absolute atomic E-state index is 0.188. The molecule has 0 N–H and O–H groups in total. The van der Waals surface area contributed by atoms with Crippen LogP contribution in [0.2, 0.25) is 0 Å². The summed E-state index contributed by atoms with van der Waals surface area (Å²) in [6.45, 7) is 4.38. The van der Waals surface area contributed by atoms with Crippen LogP contribution in [0.5, 0.6) is 0 Å². The Hall–Kier alpha value is -1.88. The number of esters is 3. The molecule has 0 unspecified atom stereocenters. The number of allylic oxidation sites excluding steroid dienone is 2. The predicted octanol–water partition coefficient (Wildman–Crippen LogP) is 1.44. The molecular formula is C10H9ClO5. The summed E-state index contributed by atoms with van der Waals surface area (Å²) in [5.74, 6) is -2.52. The van der Waals surface area contributed by atoms with Gasteiger partial charge in [-0.25, -0.2) is 9.59 Å². The molecule has 0 saturated carbocycles. The Labute approximate surface area is 97.0 Å². The lowest BCUT2D eigenvalue weighted by molar-refractivity contribution is -0.154. The fourth-order valence-electron chi connectivity index (χ4n) is 0.526. The molecule has 0 aromatic carbocycles. The number of hydrogen-bond acceptors (Lipinski definition) is 5. The molecule has 5 nitrogen and oxygen atoms in total. The van der Waals surface area contributed by atoms with Crippen LogP contribution in [-0.2, 0) is 23.9 Å². The van der Waals surface area contributed by atoms with Gasteiger partial charge in [-0.3, -0.25) is 4.79 Å². The van der Waals surface area contributed by atoms with E-state index in [1.54, 1.807) is 0 Å². The van der Waals surface area contributed by atoms with Gasteiger partial charge in [-0.1, -0.05) is 18.2 Å². The Morgan fingerprint density at radius 1 is 1.12 bits per heavy atom. The number of halogens is 1. The first-order valence-corrected chi connectivity index (χ1v) is 4.41. The summed E-state index contributed by atoms with van der Waals surface area (Å²) >= 11 is 5.34. The van der Waals surface area contributed by atoms with Gasteiger partial charge in [0.15, 0.2) is 0 Å². The van der Waals surface area contributed by atoms with Crippen LogP contribution in [0.4, 0.5) is 0 Å². The molecule has 0 amide bonds. The molecule has 0 fully saturated rings. The molecule has 0 aromatic rings. The van der Waals surface area contributed by atoms with Crippen LogP contribution in [0.25, 0.3) is 0 Å². The molecule has 16 heavy (non-hydrogen) atoms. The molecule has 6 heteroatoms. The maximum absolute atomic E-state index is 10.9. The summed E-state index contributed by atoms with van der Waals surface area (Å²) in [7, 11) is 0. The van der Waals surface area contributed by atoms with Crippen molar-refractivity contribution in [2.75, 3.05) is 0 Å². The lowest BCUT2D eigenvalue weighted by atomic mass is 10.5. The van der Waals surface area contributed by atoms with Gasteiger partial charge in [-0.2, -0.15) is 0 Å². The number of carbonyl (C=O) groups is 3. The van der Waals surface area contributed by atoms with Gasteiger partial charge in [0.25, 0.3) is 0 Å². The van der Waals surface area contributed by atoms with E-state index in [-0.39, 0.29) is 5.03 Å². The molecule has 0 bridgehead atoms.